The Morgan fingerprint density at radius 2 is 2.08 bits per heavy atom. The van der Waals surface area contributed by atoms with Gasteiger partial charge in [-0.3, -0.25) is 9.36 Å². The zero-order valence-electron chi connectivity index (χ0n) is 13.3. The molecule has 4 rings (SSSR count). The highest BCUT2D eigenvalue weighted by atomic mass is 32.2. The summed E-state index contributed by atoms with van der Waals surface area (Å²) in [6, 6.07) is 14.0. The number of benzene rings is 2. The highest BCUT2D eigenvalue weighted by Crippen LogP contribution is 2.27. The van der Waals surface area contributed by atoms with E-state index in [4.69, 9.17) is 0 Å². The lowest BCUT2D eigenvalue weighted by Gasteiger charge is -2.05. The molecular formula is C17H12FN5OS2. The van der Waals surface area contributed by atoms with Crippen molar-refractivity contribution in [1.29, 1.82) is 0 Å². The fourth-order valence-corrected chi connectivity index (χ4v) is 3.96. The normalized spacial score (nSPS) is 11.0. The number of hydrogen-bond acceptors (Lipinski definition) is 6. The molecule has 2 aromatic carbocycles. The second kappa shape index (κ2) is 7.22. The van der Waals surface area contributed by atoms with Crippen molar-refractivity contribution in [2.45, 2.75) is 5.16 Å². The third kappa shape index (κ3) is 3.58. The molecule has 0 spiro atoms. The molecule has 0 radical (unpaired) electrons. The Labute approximate surface area is 156 Å². The number of amides is 1. The lowest BCUT2D eigenvalue weighted by molar-refractivity contribution is -0.113. The summed E-state index contributed by atoms with van der Waals surface area (Å²) < 4.78 is 15.7. The molecule has 0 bridgehead atoms. The number of nitrogens with one attached hydrogen (secondary N) is 1. The smallest absolute Gasteiger partial charge is 0.236 e. The topological polar surface area (TPSA) is 72.7 Å². The van der Waals surface area contributed by atoms with E-state index in [0.29, 0.717) is 20.5 Å². The molecule has 2 aromatic heterocycles. The van der Waals surface area contributed by atoms with Crippen LogP contribution in [0.1, 0.15) is 0 Å². The van der Waals surface area contributed by atoms with Gasteiger partial charge in [0.25, 0.3) is 0 Å². The molecule has 0 aliphatic carbocycles. The van der Waals surface area contributed by atoms with Crippen LogP contribution in [0.15, 0.2) is 60.0 Å². The second-order valence-electron chi connectivity index (χ2n) is 5.29. The van der Waals surface area contributed by atoms with Crippen molar-refractivity contribution in [2.75, 3.05) is 11.1 Å². The fraction of sp³-hybridized carbons (Fsp3) is 0.0588. The molecule has 0 aliphatic heterocycles. The third-order valence-electron chi connectivity index (χ3n) is 3.48. The maximum absolute atomic E-state index is 13.2. The van der Waals surface area contributed by atoms with Crippen molar-refractivity contribution in [3.8, 4) is 5.69 Å². The van der Waals surface area contributed by atoms with E-state index in [1.165, 1.54) is 35.2 Å². The lowest BCUT2D eigenvalue weighted by atomic mass is 10.3. The minimum absolute atomic E-state index is 0.163. The van der Waals surface area contributed by atoms with E-state index in [-0.39, 0.29) is 17.5 Å². The monoisotopic (exact) mass is 385 g/mol. The highest BCUT2D eigenvalue weighted by molar-refractivity contribution is 7.99. The van der Waals surface area contributed by atoms with E-state index in [1.807, 2.05) is 34.9 Å². The van der Waals surface area contributed by atoms with Crippen molar-refractivity contribution < 1.29 is 9.18 Å². The highest BCUT2D eigenvalue weighted by Gasteiger charge is 2.12. The van der Waals surface area contributed by atoms with Gasteiger partial charge in [-0.1, -0.05) is 41.3 Å². The van der Waals surface area contributed by atoms with Gasteiger partial charge in [-0.05, 0) is 30.3 Å². The number of carbonyl (C=O) groups is 1. The Hall–Kier alpha value is -2.78. The Morgan fingerprint density at radius 1 is 1.23 bits per heavy atom. The van der Waals surface area contributed by atoms with Crippen LogP contribution in [0.25, 0.3) is 15.9 Å². The number of thioether (sulfide) groups is 1. The number of rotatable bonds is 5. The van der Waals surface area contributed by atoms with Gasteiger partial charge in [0.15, 0.2) is 10.3 Å². The first-order chi connectivity index (χ1) is 12.7. The summed E-state index contributed by atoms with van der Waals surface area (Å²) in [5, 5.41) is 11.8. The molecular weight excluding hydrogens is 373 g/mol. The first kappa shape index (κ1) is 16.7. The second-order valence-corrected chi connectivity index (χ2v) is 7.26. The van der Waals surface area contributed by atoms with E-state index < -0.39 is 0 Å². The summed E-state index contributed by atoms with van der Waals surface area (Å²) in [4.78, 5) is 16.5. The average molecular weight is 385 g/mol. The molecule has 0 unspecified atom stereocenters. The molecule has 9 heteroatoms. The summed E-state index contributed by atoms with van der Waals surface area (Å²) in [5.41, 5.74) is 1.58. The third-order valence-corrected chi connectivity index (χ3v) is 5.36. The first-order valence-electron chi connectivity index (χ1n) is 7.63. The van der Waals surface area contributed by atoms with Crippen molar-refractivity contribution in [3.63, 3.8) is 0 Å². The van der Waals surface area contributed by atoms with Crippen molar-refractivity contribution in [3.05, 3.63) is 60.7 Å². The Balaban J connectivity index is 1.42. The average Bonchev–Trinajstić information content (AvgIpc) is 3.26. The SMILES string of the molecule is O=C(CSc1nncn1-c1ccccc1)Nc1nc2ccc(F)cc2s1. The van der Waals surface area contributed by atoms with Gasteiger partial charge in [0.1, 0.15) is 12.1 Å². The molecule has 2 heterocycles. The molecule has 26 heavy (non-hydrogen) atoms. The first-order valence-corrected chi connectivity index (χ1v) is 9.43. The number of para-hydroxylation sites is 1. The molecule has 0 aliphatic rings. The molecule has 1 N–H and O–H groups in total. The number of halogens is 1. The van der Waals surface area contributed by atoms with Crippen LogP contribution in [0.2, 0.25) is 0 Å². The van der Waals surface area contributed by atoms with Crippen LogP contribution in [-0.4, -0.2) is 31.4 Å². The number of thiazole rings is 1. The number of carbonyl (C=O) groups excluding carboxylic acids is 1. The van der Waals surface area contributed by atoms with Crippen LogP contribution < -0.4 is 5.32 Å². The largest absolute Gasteiger partial charge is 0.301 e. The minimum Gasteiger partial charge on any atom is -0.301 e. The number of anilines is 1. The lowest BCUT2D eigenvalue weighted by Crippen LogP contribution is -2.14. The van der Waals surface area contributed by atoms with Gasteiger partial charge in [-0.2, -0.15) is 0 Å². The molecule has 0 atom stereocenters. The van der Waals surface area contributed by atoms with E-state index in [2.05, 4.69) is 20.5 Å². The maximum atomic E-state index is 13.2. The standard InChI is InChI=1S/C17H12FN5OS2/c18-11-6-7-13-14(8-11)26-16(20-13)21-15(24)9-25-17-22-19-10-23(17)12-4-2-1-3-5-12/h1-8,10H,9H2,(H,20,21,24). The summed E-state index contributed by atoms with van der Waals surface area (Å²) in [7, 11) is 0. The van der Waals surface area contributed by atoms with Crippen LogP contribution in [0.5, 0.6) is 0 Å². The van der Waals surface area contributed by atoms with Gasteiger partial charge in [0.2, 0.25) is 5.91 Å². The van der Waals surface area contributed by atoms with Gasteiger partial charge in [-0.15, -0.1) is 10.2 Å². The number of aromatic nitrogens is 4. The van der Waals surface area contributed by atoms with E-state index >= 15 is 0 Å². The Kier molecular flexibility index (Phi) is 4.63. The van der Waals surface area contributed by atoms with Crippen LogP contribution in [0.3, 0.4) is 0 Å². The van der Waals surface area contributed by atoms with Crippen molar-refractivity contribution in [1.82, 2.24) is 19.7 Å². The summed E-state index contributed by atoms with van der Waals surface area (Å²) in [6.45, 7) is 0. The fourth-order valence-electron chi connectivity index (χ4n) is 2.33. The Bertz CT molecular complexity index is 1060. The van der Waals surface area contributed by atoms with Gasteiger partial charge in [0.05, 0.1) is 16.0 Å². The predicted octanol–water partition coefficient (Wildman–Crippen LogP) is 3.75. The molecule has 6 nitrogen and oxygen atoms in total. The van der Waals surface area contributed by atoms with Crippen LogP contribution in [0, 0.1) is 5.82 Å². The van der Waals surface area contributed by atoms with Crippen molar-refractivity contribution in [2.24, 2.45) is 0 Å². The van der Waals surface area contributed by atoms with Crippen molar-refractivity contribution >= 4 is 44.4 Å². The van der Waals surface area contributed by atoms with Gasteiger partial charge in [0, 0.05) is 5.69 Å². The molecule has 130 valence electrons. The van der Waals surface area contributed by atoms with E-state index in [1.54, 1.807) is 12.4 Å². The summed E-state index contributed by atoms with van der Waals surface area (Å²) in [5.74, 6) is -0.373. The Morgan fingerprint density at radius 3 is 2.92 bits per heavy atom. The number of hydrogen-bond donors (Lipinski definition) is 1. The molecule has 0 saturated carbocycles. The summed E-state index contributed by atoms with van der Waals surface area (Å²) in [6.07, 6.45) is 1.61. The van der Waals surface area contributed by atoms with E-state index in [0.717, 1.165) is 5.69 Å². The van der Waals surface area contributed by atoms with Gasteiger partial charge >= 0.3 is 0 Å². The quantitative estimate of drug-likeness (QED) is 0.530. The van der Waals surface area contributed by atoms with Gasteiger partial charge in [-0.25, -0.2) is 9.37 Å². The molecule has 1 amide bonds. The zero-order chi connectivity index (χ0) is 17.9. The van der Waals surface area contributed by atoms with E-state index in [9.17, 15) is 9.18 Å². The van der Waals surface area contributed by atoms with Crippen LogP contribution in [-0.2, 0) is 4.79 Å². The summed E-state index contributed by atoms with van der Waals surface area (Å²) >= 11 is 2.52. The molecule has 4 aromatic rings. The molecule has 0 saturated heterocycles. The maximum Gasteiger partial charge on any atom is 0.236 e. The minimum atomic E-state index is -0.324. The number of fused-ring (bicyclic) bond motifs is 1. The van der Waals surface area contributed by atoms with Crippen LogP contribution >= 0.6 is 23.1 Å². The predicted molar refractivity (Wildman–Crippen MR) is 100 cm³/mol. The van der Waals surface area contributed by atoms with Crippen LogP contribution in [0.4, 0.5) is 9.52 Å². The number of nitrogens with zero attached hydrogens (tertiary/aromatic N) is 4. The zero-order valence-corrected chi connectivity index (χ0v) is 14.9. The van der Waals surface area contributed by atoms with Gasteiger partial charge < -0.3 is 5.32 Å². The molecule has 0 fully saturated rings.